The van der Waals surface area contributed by atoms with Gasteiger partial charge in [-0.25, -0.2) is 0 Å². The molecule has 1 N–H and O–H groups in total. The Balaban J connectivity index is 1.87. The SMILES string of the molecule is COC(=O)CC(C)NC(=O)/C=C/c1cccc(OCc2ccccc2)c1. The zero-order valence-electron chi connectivity index (χ0n) is 15.0. The molecule has 1 atom stereocenters. The Morgan fingerprint density at radius 1 is 1.12 bits per heavy atom. The highest BCUT2D eigenvalue weighted by Gasteiger charge is 2.10. The quantitative estimate of drug-likeness (QED) is 0.584. The van der Waals surface area contributed by atoms with Crippen LogP contribution in [-0.2, 0) is 20.9 Å². The molecule has 5 heteroatoms. The van der Waals surface area contributed by atoms with E-state index in [0.29, 0.717) is 6.61 Å². The van der Waals surface area contributed by atoms with Crippen LogP contribution in [0.25, 0.3) is 6.08 Å². The summed E-state index contributed by atoms with van der Waals surface area (Å²) in [7, 11) is 1.32. The second kappa shape index (κ2) is 10.0. The zero-order valence-corrected chi connectivity index (χ0v) is 15.0. The second-order valence-corrected chi connectivity index (χ2v) is 5.87. The van der Waals surface area contributed by atoms with Crippen LogP contribution < -0.4 is 10.1 Å². The monoisotopic (exact) mass is 353 g/mol. The van der Waals surface area contributed by atoms with Gasteiger partial charge in [-0.05, 0) is 36.3 Å². The van der Waals surface area contributed by atoms with Crippen molar-refractivity contribution in [1.29, 1.82) is 0 Å². The molecule has 1 amide bonds. The Hall–Kier alpha value is -3.08. The zero-order chi connectivity index (χ0) is 18.8. The summed E-state index contributed by atoms with van der Waals surface area (Å²) in [5.74, 6) is 0.109. The second-order valence-electron chi connectivity index (χ2n) is 5.87. The van der Waals surface area contributed by atoms with Crippen LogP contribution in [0.1, 0.15) is 24.5 Å². The lowest BCUT2D eigenvalue weighted by atomic mass is 10.2. The molecule has 136 valence electrons. The van der Waals surface area contributed by atoms with Crippen LogP contribution in [-0.4, -0.2) is 25.0 Å². The highest BCUT2D eigenvalue weighted by Crippen LogP contribution is 2.16. The maximum Gasteiger partial charge on any atom is 0.307 e. The molecule has 0 aliphatic heterocycles. The smallest absolute Gasteiger partial charge is 0.307 e. The van der Waals surface area contributed by atoms with E-state index in [2.05, 4.69) is 10.1 Å². The van der Waals surface area contributed by atoms with Gasteiger partial charge >= 0.3 is 5.97 Å². The van der Waals surface area contributed by atoms with Gasteiger partial charge in [0.1, 0.15) is 12.4 Å². The van der Waals surface area contributed by atoms with Gasteiger partial charge in [0.15, 0.2) is 0 Å². The molecule has 0 heterocycles. The molecule has 0 aromatic heterocycles. The summed E-state index contributed by atoms with van der Waals surface area (Å²) < 4.78 is 10.4. The number of carbonyl (C=O) groups excluding carboxylic acids is 2. The van der Waals surface area contributed by atoms with Gasteiger partial charge in [-0.15, -0.1) is 0 Å². The van der Waals surface area contributed by atoms with E-state index < -0.39 is 0 Å². The maximum absolute atomic E-state index is 11.9. The third-order valence-electron chi connectivity index (χ3n) is 3.62. The van der Waals surface area contributed by atoms with Crippen molar-refractivity contribution in [2.24, 2.45) is 0 Å². The first-order valence-electron chi connectivity index (χ1n) is 8.39. The number of nitrogens with one attached hydrogen (secondary N) is 1. The summed E-state index contributed by atoms with van der Waals surface area (Å²) in [5, 5.41) is 2.72. The van der Waals surface area contributed by atoms with Crippen LogP contribution in [0.15, 0.2) is 60.7 Å². The van der Waals surface area contributed by atoms with Gasteiger partial charge in [0, 0.05) is 12.1 Å². The number of ether oxygens (including phenoxy) is 2. The summed E-state index contributed by atoms with van der Waals surface area (Å²) in [6.07, 6.45) is 3.28. The predicted molar refractivity (Wildman–Crippen MR) is 100 cm³/mol. The lowest BCUT2D eigenvalue weighted by Crippen LogP contribution is -2.33. The van der Waals surface area contributed by atoms with E-state index in [1.807, 2.05) is 54.6 Å². The molecule has 5 nitrogen and oxygen atoms in total. The normalized spacial score (nSPS) is 11.8. The van der Waals surface area contributed by atoms with Crippen molar-refractivity contribution in [3.05, 3.63) is 71.8 Å². The molecule has 0 saturated carbocycles. The molecule has 26 heavy (non-hydrogen) atoms. The summed E-state index contributed by atoms with van der Waals surface area (Å²) in [4.78, 5) is 23.1. The Bertz CT molecular complexity index is 756. The fraction of sp³-hybridized carbons (Fsp3) is 0.238. The van der Waals surface area contributed by atoms with E-state index in [4.69, 9.17) is 4.74 Å². The minimum atomic E-state index is -0.356. The molecule has 1 unspecified atom stereocenters. The first kappa shape index (κ1) is 19.2. The average Bonchev–Trinajstić information content (AvgIpc) is 2.65. The van der Waals surface area contributed by atoms with Crippen molar-refractivity contribution in [2.45, 2.75) is 26.0 Å². The predicted octanol–water partition coefficient (Wildman–Crippen LogP) is 3.35. The van der Waals surface area contributed by atoms with Crippen LogP contribution >= 0.6 is 0 Å². The minimum absolute atomic E-state index is 0.138. The number of methoxy groups -OCH3 is 1. The van der Waals surface area contributed by atoms with Gasteiger partial charge in [-0.3, -0.25) is 9.59 Å². The van der Waals surface area contributed by atoms with Crippen molar-refractivity contribution in [3.63, 3.8) is 0 Å². The fourth-order valence-electron chi connectivity index (χ4n) is 2.30. The van der Waals surface area contributed by atoms with Crippen LogP contribution in [0, 0.1) is 0 Å². The van der Waals surface area contributed by atoms with Gasteiger partial charge in [-0.2, -0.15) is 0 Å². The molecular formula is C21H23NO4. The highest BCUT2D eigenvalue weighted by atomic mass is 16.5. The first-order chi connectivity index (χ1) is 12.6. The molecular weight excluding hydrogens is 330 g/mol. The van der Waals surface area contributed by atoms with Crippen molar-refractivity contribution >= 4 is 18.0 Å². The van der Waals surface area contributed by atoms with Crippen molar-refractivity contribution in [2.75, 3.05) is 7.11 Å². The molecule has 0 aliphatic rings. The van der Waals surface area contributed by atoms with Crippen molar-refractivity contribution in [3.8, 4) is 5.75 Å². The first-order valence-corrected chi connectivity index (χ1v) is 8.39. The molecule has 0 bridgehead atoms. The third-order valence-corrected chi connectivity index (χ3v) is 3.62. The maximum atomic E-state index is 11.9. The van der Waals surface area contributed by atoms with Crippen LogP contribution in [0.5, 0.6) is 5.75 Å². The van der Waals surface area contributed by atoms with Crippen molar-refractivity contribution < 1.29 is 19.1 Å². The van der Waals surface area contributed by atoms with Gasteiger partial charge in [0.2, 0.25) is 5.91 Å². The number of carbonyl (C=O) groups is 2. The van der Waals surface area contributed by atoms with E-state index in [0.717, 1.165) is 16.9 Å². The van der Waals surface area contributed by atoms with Gasteiger partial charge in [-0.1, -0.05) is 42.5 Å². The summed E-state index contributed by atoms with van der Waals surface area (Å²) in [6.45, 7) is 2.24. The Morgan fingerprint density at radius 3 is 2.62 bits per heavy atom. The van der Waals surface area contributed by atoms with E-state index in [1.165, 1.54) is 13.2 Å². The number of rotatable bonds is 8. The van der Waals surface area contributed by atoms with E-state index >= 15 is 0 Å². The number of esters is 1. The van der Waals surface area contributed by atoms with E-state index in [9.17, 15) is 9.59 Å². The Labute approximate surface area is 153 Å². The summed E-state index contributed by atoms with van der Waals surface area (Å²) in [6, 6.07) is 17.1. The van der Waals surface area contributed by atoms with Crippen LogP contribution in [0.2, 0.25) is 0 Å². The Morgan fingerprint density at radius 2 is 1.88 bits per heavy atom. The van der Waals surface area contributed by atoms with Gasteiger partial charge < -0.3 is 14.8 Å². The average molecular weight is 353 g/mol. The lowest BCUT2D eigenvalue weighted by molar-refractivity contribution is -0.141. The molecule has 0 fully saturated rings. The van der Waals surface area contributed by atoms with E-state index in [-0.39, 0.29) is 24.3 Å². The van der Waals surface area contributed by atoms with Crippen LogP contribution in [0.3, 0.4) is 0 Å². The highest BCUT2D eigenvalue weighted by molar-refractivity contribution is 5.92. The number of hydrogen-bond donors (Lipinski definition) is 1. The number of benzene rings is 2. The summed E-state index contributed by atoms with van der Waals surface area (Å²) in [5.41, 5.74) is 1.94. The molecule has 0 saturated heterocycles. The molecule has 2 aromatic rings. The third kappa shape index (κ3) is 6.81. The topological polar surface area (TPSA) is 64.6 Å². The molecule has 0 aliphatic carbocycles. The fourth-order valence-corrected chi connectivity index (χ4v) is 2.30. The van der Waals surface area contributed by atoms with E-state index in [1.54, 1.807) is 13.0 Å². The number of hydrogen-bond acceptors (Lipinski definition) is 4. The van der Waals surface area contributed by atoms with Crippen molar-refractivity contribution in [1.82, 2.24) is 5.32 Å². The molecule has 0 radical (unpaired) electrons. The standard InChI is InChI=1S/C21H23NO4/c1-16(13-21(24)25-2)22-20(23)12-11-17-9-6-10-19(14-17)26-15-18-7-4-3-5-8-18/h3-12,14,16H,13,15H2,1-2H3,(H,22,23)/b12-11+. The minimum Gasteiger partial charge on any atom is -0.489 e. The summed E-state index contributed by atoms with van der Waals surface area (Å²) >= 11 is 0. The molecule has 2 aromatic carbocycles. The lowest BCUT2D eigenvalue weighted by Gasteiger charge is -2.10. The van der Waals surface area contributed by atoms with Gasteiger partial charge in [0.25, 0.3) is 0 Å². The van der Waals surface area contributed by atoms with Gasteiger partial charge in [0.05, 0.1) is 13.5 Å². The molecule has 2 rings (SSSR count). The molecule has 0 spiro atoms. The number of amides is 1. The Kier molecular flexibility index (Phi) is 7.43. The van der Waals surface area contributed by atoms with Crippen LogP contribution in [0.4, 0.5) is 0 Å². The largest absolute Gasteiger partial charge is 0.489 e.